The number of rotatable bonds is 4. The number of hydrogen-bond donors (Lipinski definition) is 1. The van der Waals surface area contributed by atoms with E-state index in [-0.39, 0.29) is 10.8 Å². The second-order valence-corrected chi connectivity index (χ2v) is 8.32. The van der Waals surface area contributed by atoms with Gasteiger partial charge in [-0.1, -0.05) is 52.8 Å². The Hall–Kier alpha value is -1.68. The standard InChI is InChI=1S/C19H30N4/c1-18(2,3)14-10-15(19(4,5)6)12-17(11-14)23-13-16(21-22-23)8-7-9-20/h10-13H,7-9,20H2,1-6H3. The highest BCUT2D eigenvalue weighted by Crippen LogP contribution is 2.31. The van der Waals surface area contributed by atoms with Gasteiger partial charge in [0.05, 0.1) is 17.6 Å². The summed E-state index contributed by atoms with van der Waals surface area (Å²) in [5.41, 5.74) is 10.5. The molecule has 0 atom stereocenters. The minimum Gasteiger partial charge on any atom is -0.330 e. The summed E-state index contributed by atoms with van der Waals surface area (Å²) >= 11 is 0. The van der Waals surface area contributed by atoms with E-state index in [9.17, 15) is 0 Å². The number of aromatic nitrogens is 3. The van der Waals surface area contributed by atoms with Gasteiger partial charge in [0, 0.05) is 0 Å². The lowest BCUT2D eigenvalue weighted by Crippen LogP contribution is -2.17. The summed E-state index contributed by atoms with van der Waals surface area (Å²) in [7, 11) is 0. The molecule has 2 N–H and O–H groups in total. The molecule has 0 aliphatic rings. The Morgan fingerprint density at radius 2 is 1.52 bits per heavy atom. The summed E-state index contributed by atoms with van der Waals surface area (Å²) in [6.07, 6.45) is 3.83. The van der Waals surface area contributed by atoms with Gasteiger partial charge in [-0.05, 0) is 53.5 Å². The normalized spacial score (nSPS) is 12.7. The Labute approximate surface area is 140 Å². The zero-order chi connectivity index (χ0) is 17.3. The topological polar surface area (TPSA) is 56.7 Å². The maximum absolute atomic E-state index is 5.57. The molecule has 0 radical (unpaired) electrons. The van der Waals surface area contributed by atoms with Crippen LogP contribution in [-0.2, 0) is 17.3 Å². The van der Waals surface area contributed by atoms with Crippen molar-refractivity contribution < 1.29 is 0 Å². The zero-order valence-corrected chi connectivity index (χ0v) is 15.3. The monoisotopic (exact) mass is 314 g/mol. The van der Waals surface area contributed by atoms with Crippen LogP contribution >= 0.6 is 0 Å². The van der Waals surface area contributed by atoms with E-state index < -0.39 is 0 Å². The summed E-state index contributed by atoms with van der Waals surface area (Å²) in [6.45, 7) is 14.1. The third kappa shape index (κ3) is 4.41. The van der Waals surface area contributed by atoms with E-state index in [1.165, 1.54) is 11.1 Å². The maximum atomic E-state index is 5.57. The summed E-state index contributed by atoms with van der Waals surface area (Å²) in [6, 6.07) is 6.75. The molecular formula is C19H30N4. The third-order valence-electron chi connectivity index (χ3n) is 4.09. The Balaban J connectivity index is 2.47. The van der Waals surface area contributed by atoms with Gasteiger partial charge in [-0.2, -0.15) is 0 Å². The van der Waals surface area contributed by atoms with Crippen LogP contribution < -0.4 is 5.73 Å². The molecule has 0 aliphatic carbocycles. The number of nitrogens with zero attached hydrogens (tertiary/aromatic N) is 3. The molecule has 0 fully saturated rings. The third-order valence-corrected chi connectivity index (χ3v) is 4.09. The molecule has 2 rings (SSSR count). The number of aryl methyl sites for hydroxylation is 1. The number of nitrogens with two attached hydrogens (primary N) is 1. The molecule has 2 aromatic rings. The lowest BCUT2D eigenvalue weighted by atomic mass is 9.80. The summed E-state index contributed by atoms with van der Waals surface area (Å²) in [4.78, 5) is 0. The lowest BCUT2D eigenvalue weighted by molar-refractivity contribution is 0.566. The molecule has 1 aromatic carbocycles. The van der Waals surface area contributed by atoms with Gasteiger partial charge in [-0.3, -0.25) is 0 Å². The van der Waals surface area contributed by atoms with Crippen LogP contribution in [0.25, 0.3) is 5.69 Å². The van der Waals surface area contributed by atoms with Crippen LogP contribution in [0, 0.1) is 0 Å². The Kier molecular flexibility index (Phi) is 4.95. The van der Waals surface area contributed by atoms with Crippen LogP contribution in [-0.4, -0.2) is 21.5 Å². The fourth-order valence-electron chi connectivity index (χ4n) is 2.43. The fraction of sp³-hybridized carbons (Fsp3) is 0.579. The fourth-order valence-corrected chi connectivity index (χ4v) is 2.43. The largest absolute Gasteiger partial charge is 0.330 e. The van der Waals surface area contributed by atoms with Gasteiger partial charge >= 0.3 is 0 Å². The van der Waals surface area contributed by atoms with E-state index >= 15 is 0 Å². The first kappa shape index (κ1) is 17.7. The van der Waals surface area contributed by atoms with Gasteiger partial charge in [-0.15, -0.1) is 5.10 Å². The van der Waals surface area contributed by atoms with Crippen molar-refractivity contribution in [2.45, 2.75) is 65.2 Å². The first-order valence-electron chi connectivity index (χ1n) is 8.39. The number of hydrogen-bond acceptors (Lipinski definition) is 3. The molecule has 4 heteroatoms. The van der Waals surface area contributed by atoms with Gasteiger partial charge in [-0.25, -0.2) is 4.68 Å². The second kappa shape index (κ2) is 6.44. The minimum atomic E-state index is 0.0962. The molecule has 0 saturated heterocycles. The highest BCUT2D eigenvalue weighted by atomic mass is 15.4. The molecule has 0 bridgehead atoms. The van der Waals surface area contributed by atoms with Crippen molar-refractivity contribution in [3.8, 4) is 5.69 Å². The number of benzene rings is 1. The van der Waals surface area contributed by atoms with E-state index in [2.05, 4.69) is 70.1 Å². The van der Waals surface area contributed by atoms with Crippen molar-refractivity contribution in [3.05, 3.63) is 41.2 Å². The Morgan fingerprint density at radius 1 is 0.957 bits per heavy atom. The summed E-state index contributed by atoms with van der Waals surface area (Å²) < 4.78 is 1.89. The average molecular weight is 314 g/mol. The molecular weight excluding hydrogens is 284 g/mol. The summed E-state index contributed by atoms with van der Waals surface area (Å²) in [5.74, 6) is 0. The molecule has 0 amide bonds. The van der Waals surface area contributed by atoms with Crippen molar-refractivity contribution in [2.75, 3.05) is 6.54 Å². The Morgan fingerprint density at radius 3 is 2.00 bits per heavy atom. The molecule has 0 spiro atoms. The predicted molar refractivity (Wildman–Crippen MR) is 96.1 cm³/mol. The van der Waals surface area contributed by atoms with Gasteiger partial charge in [0.25, 0.3) is 0 Å². The Bertz CT molecular complexity index is 624. The van der Waals surface area contributed by atoms with E-state index in [4.69, 9.17) is 5.73 Å². The predicted octanol–water partition coefficient (Wildman–Crippen LogP) is 3.75. The first-order valence-corrected chi connectivity index (χ1v) is 8.39. The van der Waals surface area contributed by atoms with E-state index in [1.807, 2.05) is 10.9 Å². The van der Waals surface area contributed by atoms with Crippen molar-refractivity contribution in [1.29, 1.82) is 0 Å². The molecule has 1 heterocycles. The molecule has 0 aliphatic heterocycles. The first-order chi connectivity index (χ1) is 10.6. The molecule has 126 valence electrons. The van der Waals surface area contributed by atoms with Crippen LogP contribution in [0.3, 0.4) is 0 Å². The van der Waals surface area contributed by atoms with E-state index in [0.29, 0.717) is 6.54 Å². The van der Waals surface area contributed by atoms with E-state index in [1.54, 1.807) is 0 Å². The van der Waals surface area contributed by atoms with Crippen LogP contribution in [0.2, 0.25) is 0 Å². The lowest BCUT2D eigenvalue weighted by Gasteiger charge is -2.26. The quantitative estimate of drug-likeness (QED) is 0.935. The van der Waals surface area contributed by atoms with E-state index in [0.717, 1.165) is 24.2 Å². The second-order valence-electron chi connectivity index (χ2n) is 8.32. The average Bonchev–Trinajstić information content (AvgIpc) is 2.91. The van der Waals surface area contributed by atoms with Gasteiger partial charge in [0.2, 0.25) is 0 Å². The van der Waals surface area contributed by atoms with Crippen LogP contribution in [0.15, 0.2) is 24.4 Å². The van der Waals surface area contributed by atoms with Crippen LogP contribution in [0.4, 0.5) is 0 Å². The molecule has 23 heavy (non-hydrogen) atoms. The summed E-state index contributed by atoms with van der Waals surface area (Å²) in [5, 5.41) is 8.58. The highest BCUT2D eigenvalue weighted by Gasteiger charge is 2.21. The van der Waals surface area contributed by atoms with Crippen molar-refractivity contribution in [3.63, 3.8) is 0 Å². The molecule has 4 nitrogen and oxygen atoms in total. The minimum absolute atomic E-state index is 0.0962. The van der Waals surface area contributed by atoms with Gasteiger partial charge in [0.15, 0.2) is 0 Å². The van der Waals surface area contributed by atoms with Crippen molar-refractivity contribution >= 4 is 0 Å². The maximum Gasteiger partial charge on any atom is 0.0832 e. The zero-order valence-electron chi connectivity index (χ0n) is 15.3. The molecule has 0 saturated carbocycles. The van der Waals surface area contributed by atoms with Crippen LogP contribution in [0.5, 0.6) is 0 Å². The van der Waals surface area contributed by atoms with Crippen LogP contribution in [0.1, 0.15) is 64.8 Å². The van der Waals surface area contributed by atoms with Gasteiger partial charge < -0.3 is 5.73 Å². The molecule has 1 aromatic heterocycles. The molecule has 0 unspecified atom stereocenters. The van der Waals surface area contributed by atoms with Crippen molar-refractivity contribution in [2.24, 2.45) is 5.73 Å². The van der Waals surface area contributed by atoms with Crippen molar-refractivity contribution in [1.82, 2.24) is 15.0 Å². The SMILES string of the molecule is CC(C)(C)c1cc(-n2cc(CCCN)nn2)cc(C(C)(C)C)c1. The van der Waals surface area contributed by atoms with Gasteiger partial charge in [0.1, 0.15) is 0 Å². The highest BCUT2D eigenvalue weighted by molar-refractivity contribution is 5.44. The smallest absolute Gasteiger partial charge is 0.0832 e.